The number of nitrogens with one attached hydrogen (secondary N) is 1. The fourth-order valence-corrected chi connectivity index (χ4v) is 1.57. The Balaban J connectivity index is 4.42. The largest absolute Gasteiger partial charge is 0.467 e. The summed E-state index contributed by atoms with van der Waals surface area (Å²) in [4.78, 5) is 23.1. The lowest BCUT2D eigenvalue weighted by Gasteiger charge is -2.27. The number of hydrogen-bond acceptors (Lipinski definition) is 4. The molecule has 0 heterocycles. The van der Waals surface area contributed by atoms with Crippen LogP contribution in [0.5, 0.6) is 0 Å². The zero-order valence-electron chi connectivity index (χ0n) is 10.3. The molecule has 1 amide bonds. The zero-order valence-corrected chi connectivity index (χ0v) is 10.3. The summed E-state index contributed by atoms with van der Waals surface area (Å²) in [7, 11) is 1.32. The molecular weight excluding hydrogens is 208 g/mol. The van der Waals surface area contributed by atoms with Crippen LogP contribution in [0.4, 0.5) is 0 Å². The lowest BCUT2D eigenvalue weighted by Crippen LogP contribution is -2.52. The van der Waals surface area contributed by atoms with Crippen molar-refractivity contribution in [2.45, 2.75) is 45.1 Å². The number of esters is 1. The highest BCUT2D eigenvalue weighted by Crippen LogP contribution is 2.14. The van der Waals surface area contributed by atoms with Crippen molar-refractivity contribution in [1.82, 2.24) is 5.32 Å². The van der Waals surface area contributed by atoms with Gasteiger partial charge in [-0.3, -0.25) is 4.79 Å². The van der Waals surface area contributed by atoms with E-state index in [9.17, 15) is 9.59 Å². The van der Waals surface area contributed by atoms with E-state index in [1.807, 2.05) is 6.92 Å². The second kappa shape index (κ2) is 7.22. The maximum absolute atomic E-state index is 11.6. The summed E-state index contributed by atoms with van der Waals surface area (Å²) in [5, 5.41) is 2.71. The van der Waals surface area contributed by atoms with Gasteiger partial charge in [0.1, 0.15) is 5.54 Å². The van der Waals surface area contributed by atoms with Crippen molar-refractivity contribution < 1.29 is 14.3 Å². The highest BCUT2D eigenvalue weighted by molar-refractivity contribution is 5.87. The zero-order chi connectivity index (χ0) is 12.6. The Hall–Kier alpha value is -1.10. The van der Waals surface area contributed by atoms with Gasteiger partial charge in [0.05, 0.1) is 7.11 Å². The molecular formula is C11H22N2O3. The summed E-state index contributed by atoms with van der Waals surface area (Å²) in [6, 6.07) is 0. The molecule has 0 saturated heterocycles. The Morgan fingerprint density at radius 3 is 2.50 bits per heavy atom. The van der Waals surface area contributed by atoms with Crippen LogP contribution >= 0.6 is 0 Å². The van der Waals surface area contributed by atoms with E-state index < -0.39 is 11.5 Å². The smallest absolute Gasteiger partial charge is 0.331 e. The summed E-state index contributed by atoms with van der Waals surface area (Å²) >= 11 is 0. The van der Waals surface area contributed by atoms with Crippen LogP contribution in [0.1, 0.15) is 39.5 Å². The molecule has 0 bridgehead atoms. The highest BCUT2D eigenvalue weighted by Gasteiger charge is 2.34. The van der Waals surface area contributed by atoms with Crippen molar-refractivity contribution >= 4 is 11.9 Å². The molecule has 0 radical (unpaired) electrons. The summed E-state index contributed by atoms with van der Waals surface area (Å²) in [5.41, 5.74) is 4.39. The van der Waals surface area contributed by atoms with Crippen molar-refractivity contribution in [3.05, 3.63) is 0 Å². The first kappa shape index (κ1) is 14.9. The average Bonchev–Trinajstić information content (AvgIpc) is 2.25. The van der Waals surface area contributed by atoms with E-state index in [1.165, 1.54) is 7.11 Å². The second-order valence-electron chi connectivity index (χ2n) is 4.01. The molecule has 0 aromatic heterocycles. The third-order valence-corrected chi connectivity index (χ3v) is 2.41. The average molecular weight is 230 g/mol. The van der Waals surface area contributed by atoms with Crippen LogP contribution in [0.25, 0.3) is 0 Å². The molecule has 1 atom stereocenters. The number of rotatable bonds is 7. The van der Waals surface area contributed by atoms with E-state index in [-0.39, 0.29) is 5.91 Å². The summed E-state index contributed by atoms with van der Waals surface area (Å²) in [6.07, 6.45) is 2.32. The standard InChI is InChI=1S/C11H22N2O3/c1-4-7-11(2,10(15)16-3)13-9(14)6-5-8-12/h4-8,12H2,1-3H3,(H,13,14). The minimum atomic E-state index is -0.921. The van der Waals surface area contributed by atoms with Crippen molar-refractivity contribution in [2.75, 3.05) is 13.7 Å². The Morgan fingerprint density at radius 1 is 1.44 bits per heavy atom. The van der Waals surface area contributed by atoms with Gasteiger partial charge in [-0.25, -0.2) is 4.79 Å². The van der Waals surface area contributed by atoms with Crippen molar-refractivity contribution in [2.24, 2.45) is 5.73 Å². The van der Waals surface area contributed by atoms with Crippen LogP contribution in [0.2, 0.25) is 0 Å². The minimum absolute atomic E-state index is 0.160. The summed E-state index contributed by atoms with van der Waals surface area (Å²) in [6.45, 7) is 4.10. The number of carbonyl (C=O) groups is 2. The van der Waals surface area contributed by atoms with Crippen LogP contribution < -0.4 is 11.1 Å². The fourth-order valence-electron chi connectivity index (χ4n) is 1.57. The van der Waals surface area contributed by atoms with Gasteiger partial charge < -0.3 is 15.8 Å². The first-order valence-electron chi connectivity index (χ1n) is 5.59. The van der Waals surface area contributed by atoms with E-state index in [4.69, 9.17) is 10.5 Å². The third kappa shape index (κ3) is 4.61. The number of amides is 1. The molecule has 0 saturated carbocycles. The van der Waals surface area contributed by atoms with E-state index >= 15 is 0 Å². The quantitative estimate of drug-likeness (QED) is 0.627. The SMILES string of the molecule is CCCC(C)(NC(=O)CCCN)C(=O)OC. The number of hydrogen-bond donors (Lipinski definition) is 2. The van der Waals surface area contributed by atoms with Crippen LogP contribution in [0, 0.1) is 0 Å². The first-order chi connectivity index (χ1) is 7.50. The third-order valence-electron chi connectivity index (χ3n) is 2.41. The number of nitrogens with two attached hydrogens (primary N) is 1. The van der Waals surface area contributed by atoms with Gasteiger partial charge in [-0.05, 0) is 26.3 Å². The second-order valence-corrected chi connectivity index (χ2v) is 4.01. The van der Waals surface area contributed by atoms with Gasteiger partial charge in [0.25, 0.3) is 0 Å². The fraction of sp³-hybridized carbons (Fsp3) is 0.818. The molecule has 3 N–H and O–H groups in total. The topological polar surface area (TPSA) is 81.4 Å². The van der Waals surface area contributed by atoms with Crippen molar-refractivity contribution in [3.8, 4) is 0 Å². The maximum atomic E-state index is 11.6. The van der Waals surface area contributed by atoms with Gasteiger partial charge >= 0.3 is 5.97 Å². The normalized spacial score (nSPS) is 14.0. The molecule has 94 valence electrons. The summed E-state index contributed by atoms with van der Waals surface area (Å²) < 4.78 is 4.69. The van der Waals surface area contributed by atoms with Crippen LogP contribution in [-0.4, -0.2) is 31.1 Å². The number of carbonyl (C=O) groups excluding carboxylic acids is 2. The highest BCUT2D eigenvalue weighted by atomic mass is 16.5. The van der Waals surface area contributed by atoms with Gasteiger partial charge in [0.15, 0.2) is 0 Å². The van der Waals surface area contributed by atoms with Gasteiger partial charge in [-0.1, -0.05) is 13.3 Å². The van der Waals surface area contributed by atoms with Gasteiger partial charge in [0, 0.05) is 6.42 Å². The minimum Gasteiger partial charge on any atom is -0.467 e. The molecule has 0 aliphatic heterocycles. The van der Waals surface area contributed by atoms with E-state index in [0.717, 1.165) is 6.42 Å². The van der Waals surface area contributed by atoms with E-state index in [1.54, 1.807) is 6.92 Å². The molecule has 0 aliphatic carbocycles. The molecule has 16 heavy (non-hydrogen) atoms. The van der Waals surface area contributed by atoms with Crippen LogP contribution in [0.15, 0.2) is 0 Å². The number of ether oxygens (including phenoxy) is 1. The Labute approximate surface area is 96.7 Å². The van der Waals surface area contributed by atoms with Gasteiger partial charge in [-0.15, -0.1) is 0 Å². The lowest BCUT2D eigenvalue weighted by molar-refractivity contribution is -0.150. The molecule has 5 nitrogen and oxygen atoms in total. The Morgan fingerprint density at radius 2 is 2.06 bits per heavy atom. The Kier molecular flexibility index (Phi) is 6.72. The molecule has 0 aromatic rings. The predicted molar refractivity (Wildman–Crippen MR) is 61.8 cm³/mol. The Bertz CT molecular complexity index is 243. The van der Waals surface area contributed by atoms with Crippen LogP contribution in [0.3, 0.4) is 0 Å². The lowest BCUT2D eigenvalue weighted by atomic mass is 9.96. The molecule has 0 aliphatic rings. The summed E-state index contributed by atoms with van der Waals surface area (Å²) in [5.74, 6) is -0.567. The molecule has 5 heteroatoms. The number of methoxy groups -OCH3 is 1. The van der Waals surface area contributed by atoms with Gasteiger partial charge in [0.2, 0.25) is 5.91 Å². The molecule has 0 spiro atoms. The molecule has 0 rings (SSSR count). The van der Waals surface area contributed by atoms with Gasteiger partial charge in [-0.2, -0.15) is 0 Å². The van der Waals surface area contributed by atoms with Crippen LogP contribution in [-0.2, 0) is 14.3 Å². The van der Waals surface area contributed by atoms with Crippen molar-refractivity contribution in [1.29, 1.82) is 0 Å². The molecule has 1 unspecified atom stereocenters. The maximum Gasteiger partial charge on any atom is 0.331 e. The van der Waals surface area contributed by atoms with E-state index in [0.29, 0.717) is 25.8 Å². The monoisotopic (exact) mass is 230 g/mol. The molecule has 0 fully saturated rings. The van der Waals surface area contributed by atoms with E-state index in [2.05, 4.69) is 5.32 Å². The first-order valence-corrected chi connectivity index (χ1v) is 5.59. The molecule has 0 aromatic carbocycles. The van der Waals surface area contributed by atoms with Crippen molar-refractivity contribution in [3.63, 3.8) is 0 Å². The predicted octanol–water partition coefficient (Wildman–Crippen LogP) is 0.573.